The van der Waals surface area contributed by atoms with Gasteiger partial charge in [0.1, 0.15) is 0 Å². The number of amides is 1. The van der Waals surface area contributed by atoms with Crippen molar-refractivity contribution in [1.82, 2.24) is 4.90 Å². The average Bonchev–Trinajstić information content (AvgIpc) is 2.99. The third-order valence-electron chi connectivity index (χ3n) is 5.58. The fourth-order valence-corrected chi connectivity index (χ4v) is 6.69. The first-order valence-corrected chi connectivity index (χ1v) is 13.6. The Morgan fingerprint density at radius 1 is 1.03 bits per heavy atom. The maximum absolute atomic E-state index is 13.2. The van der Waals surface area contributed by atoms with Gasteiger partial charge in [0, 0.05) is 28.8 Å². The summed E-state index contributed by atoms with van der Waals surface area (Å²) >= 11 is 4.82. The lowest BCUT2D eigenvalue weighted by Crippen LogP contribution is -2.31. The number of likely N-dealkylation sites (tertiary alicyclic amines) is 1. The Kier molecular flexibility index (Phi) is 6.69. The van der Waals surface area contributed by atoms with Gasteiger partial charge in [-0.15, -0.1) is 11.3 Å². The van der Waals surface area contributed by atoms with Gasteiger partial charge in [-0.3, -0.25) is 9.10 Å². The first kappa shape index (κ1) is 22.3. The predicted octanol–water partition coefficient (Wildman–Crippen LogP) is 5.90. The molecule has 1 aliphatic heterocycles. The van der Waals surface area contributed by atoms with E-state index in [2.05, 4.69) is 15.9 Å². The van der Waals surface area contributed by atoms with Gasteiger partial charge in [-0.25, -0.2) is 8.42 Å². The SMILES string of the molecule is CCN(c1ccc2sc(C(=O)N3CCCCCC3)cc2c1)S(=O)(=O)c1ccc(Br)cc1. The number of carbonyl (C=O) groups excluding carboxylic acids is 1. The molecule has 5 nitrogen and oxygen atoms in total. The van der Waals surface area contributed by atoms with E-state index in [0.29, 0.717) is 17.1 Å². The molecule has 31 heavy (non-hydrogen) atoms. The molecule has 1 aromatic heterocycles. The molecule has 1 fully saturated rings. The number of halogens is 1. The summed E-state index contributed by atoms with van der Waals surface area (Å²) < 4.78 is 29.7. The van der Waals surface area contributed by atoms with Crippen molar-refractivity contribution in [2.24, 2.45) is 0 Å². The topological polar surface area (TPSA) is 57.7 Å². The van der Waals surface area contributed by atoms with Crippen molar-refractivity contribution in [2.75, 3.05) is 23.9 Å². The highest BCUT2D eigenvalue weighted by molar-refractivity contribution is 9.10. The van der Waals surface area contributed by atoms with Gasteiger partial charge in [0.15, 0.2) is 0 Å². The van der Waals surface area contributed by atoms with E-state index in [9.17, 15) is 13.2 Å². The number of fused-ring (bicyclic) bond motifs is 1. The molecule has 0 radical (unpaired) electrons. The van der Waals surface area contributed by atoms with Crippen LogP contribution in [-0.4, -0.2) is 38.9 Å². The fourth-order valence-electron chi connectivity index (χ4n) is 3.95. The molecular weight excluding hydrogens is 496 g/mol. The minimum Gasteiger partial charge on any atom is -0.338 e. The predicted molar refractivity (Wildman–Crippen MR) is 131 cm³/mol. The van der Waals surface area contributed by atoms with E-state index in [1.807, 2.05) is 36.1 Å². The summed E-state index contributed by atoms with van der Waals surface area (Å²) in [6, 6.07) is 14.1. The first-order chi connectivity index (χ1) is 14.9. The molecule has 0 atom stereocenters. The van der Waals surface area contributed by atoms with Gasteiger partial charge in [-0.2, -0.15) is 0 Å². The average molecular weight is 522 g/mol. The van der Waals surface area contributed by atoms with E-state index in [-0.39, 0.29) is 10.8 Å². The van der Waals surface area contributed by atoms with Crippen LogP contribution in [0.1, 0.15) is 42.3 Å². The number of hydrogen-bond acceptors (Lipinski definition) is 4. The lowest BCUT2D eigenvalue weighted by molar-refractivity contribution is 0.0766. The minimum atomic E-state index is -3.68. The Labute approximate surface area is 195 Å². The maximum atomic E-state index is 13.2. The molecule has 8 heteroatoms. The van der Waals surface area contributed by atoms with Crippen LogP contribution < -0.4 is 4.31 Å². The monoisotopic (exact) mass is 520 g/mol. The molecule has 2 heterocycles. The summed E-state index contributed by atoms with van der Waals surface area (Å²) in [5, 5.41) is 0.894. The Hall–Kier alpha value is -1.90. The molecule has 0 aliphatic carbocycles. The largest absolute Gasteiger partial charge is 0.338 e. The number of hydrogen-bond donors (Lipinski definition) is 0. The van der Waals surface area contributed by atoms with E-state index in [4.69, 9.17) is 0 Å². The van der Waals surface area contributed by atoms with Crippen molar-refractivity contribution in [3.05, 3.63) is 57.9 Å². The summed E-state index contributed by atoms with van der Waals surface area (Å²) in [7, 11) is -3.68. The van der Waals surface area contributed by atoms with Crippen molar-refractivity contribution in [3.8, 4) is 0 Å². The Balaban J connectivity index is 1.65. The number of rotatable bonds is 5. The Morgan fingerprint density at radius 2 is 1.71 bits per heavy atom. The molecule has 2 aromatic carbocycles. The van der Waals surface area contributed by atoms with Gasteiger partial charge >= 0.3 is 0 Å². The van der Waals surface area contributed by atoms with E-state index >= 15 is 0 Å². The second kappa shape index (κ2) is 9.30. The van der Waals surface area contributed by atoms with Gasteiger partial charge < -0.3 is 4.90 Å². The third kappa shape index (κ3) is 4.66. The van der Waals surface area contributed by atoms with E-state index < -0.39 is 10.0 Å². The zero-order valence-electron chi connectivity index (χ0n) is 17.4. The smallest absolute Gasteiger partial charge is 0.264 e. The molecule has 164 valence electrons. The summed E-state index contributed by atoms with van der Waals surface area (Å²) in [5.41, 5.74) is 0.601. The maximum Gasteiger partial charge on any atom is 0.264 e. The van der Waals surface area contributed by atoms with Crippen molar-refractivity contribution in [1.29, 1.82) is 0 Å². The molecule has 0 unspecified atom stereocenters. The fraction of sp³-hybridized carbons (Fsp3) is 0.348. The van der Waals surface area contributed by atoms with Crippen LogP contribution in [0.2, 0.25) is 0 Å². The van der Waals surface area contributed by atoms with Crippen LogP contribution in [0.3, 0.4) is 0 Å². The lowest BCUT2D eigenvalue weighted by Gasteiger charge is -2.23. The van der Waals surface area contributed by atoms with Crippen LogP contribution >= 0.6 is 27.3 Å². The van der Waals surface area contributed by atoms with Crippen LogP contribution in [-0.2, 0) is 10.0 Å². The molecule has 0 spiro atoms. The van der Waals surface area contributed by atoms with Gasteiger partial charge in [0.2, 0.25) is 0 Å². The Bertz CT molecular complexity index is 1180. The second-order valence-electron chi connectivity index (χ2n) is 7.66. The number of thiophene rings is 1. The van der Waals surface area contributed by atoms with Gasteiger partial charge in [0.25, 0.3) is 15.9 Å². The lowest BCUT2D eigenvalue weighted by atomic mass is 10.2. The standard InChI is InChI=1S/C23H25BrN2O3S2/c1-2-26(31(28,29)20-10-7-18(24)8-11-20)19-9-12-21-17(15-19)16-22(30-21)23(27)25-13-5-3-4-6-14-25/h7-12,15-16H,2-6,13-14H2,1H3. The van der Waals surface area contributed by atoms with E-state index in [0.717, 1.165) is 40.5 Å². The highest BCUT2D eigenvalue weighted by Gasteiger charge is 2.25. The van der Waals surface area contributed by atoms with Crippen molar-refractivity contribution >= 4 is 59.0 Å². The summed E-state index contributed by atoms with van der Waals surface area (Å²) in [6.45, 7) is 3.76. The van der Waals surface area contributed by atoms with Gasteiger partial charge in [0.05, 0.1) is 15.5 Å². The van der Waals surface area contributed by atoms with Crippen molar-refractivity contribution in [2.45, 2.75) is 37.5 Å². The van der Waals surface area contributed by atoms with Crippen LogP contribution in [0.4, 0.5) is 5.69 Å². The van der Waals surface area contributed by atoms with E-state index in [1.165, 1.54) is 28.5 Å². The van der Waals surface area contributed by atoms with Crippen molar-refractivity contribution < 1.29 is 13.2 Å². The molecule has 0 bridgehead atoms. The molecule has 0 N–H and O–H groups in total. The second-order valence-corrected chi connectivity index (χ2v) is 11.5. The minimum absolute atomic E-state index is 0.0829. The number of nitrogens with zero attached hydrogens (tertiary/aromatic N) is 2. The van der Waals surface area contributed by atoms with Crippen molar-refractivity contribution in [3.63, 3.8) is 0 Å². The quantitative estimate of drug-likeness (QED) is 0.421. The highest BCUT2D eigenvalue weighted by Crippen LogP contribution is 2.33. The summed E-state index contributed by atoms with van der Waals surface area (Å²) in [6.07, 6.45) is 4.47. The molecule has 4 rings (SSSR count). The summed E-state index contributed by atoms with van der Waals surface area (Å²) in [4.78, 5) is 15.9. The molecule has 3 aromatic rings. The zero-order valence-corrected chi connectivity index (χ0v) is 20.6. The number of sulfonamides is 1. The highest BCUT2D eigenvalue weighted by atomic mass is 79.9. The molecular formula is C23H25BrN2O3S2. The first-order valence-electron chi connectivity index (χ1n) is 10.5. The van der Waals surface area contributed by atoms with Gasteiger partial charge in [-0.1, -0.05) is 28.8 Å². The normalized spacial score (nSPS) is 15.1. The van der Waals surface area contributed by atoms with E-state index in [1.54, 1.807) is 24.3 Å². The third-order valence-corrected chi connectivity index (χ3v) is 9.13. The zero-order chi connectivity index (χ0) is 22.0. The number of carbonyl (C=O) groups is 1. The molecule has 1 amide bonds. The molecule has 0 saturated carbocycles. The number of anilines is 1. The van der Waals surface area contributed by atoms with Crippen LogP contribution in [0, 0.1) is 0 Å². The molecule has 1 saturated heterocycles. The van der Waals surface area contributed by atoms with Crippen LogP contribution in [0.5, 0.6) is 0 Å². The van der Waals surface area contributed by atoms with Crippen LogP contribution in [0.15, 0.2) is 57.9 Å². The number of benzene rings is 2. The van der Waals surface area contributed by atoms with Gasteiger partial charge in [-0.05, 0) is 73.7 Å². The molecule has 1 aliphatic rings. The van der Waals surface area contributed by atoms with Crippen LogP contribution in [0.25, 0.3) is 10.1 Å². The Morgan fingerprint density at radius 3 is 2.35 bits per heavy atom. The summed E-state index contributed by atoms with van der Waals surface area (Å²) in [5.74, 6) is 0.0829.